The number of nitrogen functional groups attached to an aromatic ring is 1. The Kier molecular flexibility index (Phi) is 7.98. The Morgan fingerprint density at radius 1 is 1.40 bits per heavy atom. The van der Waals surface area contributed by atoms with Crippen molar-refractivity contribution in [2.24, 2.45) is 0 Å². The Morgan fingerprint density at radius 3 is 2.75 bits per heavy atom. The summed E-state index contributed by atoms with van der Waals surface area (Å²) in [6, 6.07) is 0. The number of hydrogen-bond donors (Lipinski definition) is 2. The maximum atomic E-state index is 11.5. The van der Waals surface area contributed by atoms with Gasteiger partial charge in [-0.25, -0.2) is 0 Å². The molecular weight excluding hydrogens is 296 g/mol. The maximum absolute atomic E-state index is 11.5. The Hall–Kier alpha value is -0.760. The number of anilines is 2. The summed E-state index contributed by atoms with van der Waals surface area (Å²) in [4.78, 5) is 13.1. The molecular formula is C13H22N2O3S2. The first kappa shape index (κ1) is 17.3. The molecule has 3 N–H and O–H groups in total. The minimum absolute atomic E-state index is 0.0127. The highest BCUT2D eigenvalue weighted by Gasteiger charge is 2.17. The van der Waals surface area contributed by atoms with Crippen molar-refractivity contribution in [3.05, 3.63) is 4.88 Å². The molecule has 0 spiro atoms. The fraction of sp³-hybridized carbons (Fsp3) is 0.615. The molecule has 0 aliphatic carbocycles. The molecule has 0 fully saturated rings. The second kappa shape index (κ2) is 9.23. The first-order valence-electron chi connectivity index (χ1n) is 6.39. The highest BCUT2D eigenvalue weighted by atomic mass is 32.2. The minimum atomic E-state index is 0.0127. The van der Waals surface area contributed by atoms with E-state index in [-0.39, 0.29) is 5.78 Å². The highest BCUT2D eigenvalue weighted by molar-refractivity contribution is 7.99. The van der Waals surface area contributed by atoms with Crippen LogP contribution < -0.4 is 11.1 Å². The van der Waals surface area contributed by atoms with Crippen LogP contribution in [0.4, 0.5) is 10.7 Å². The molecule has 114 valence electrons. The van der Waals surface area contributed by atoms with Crippen LogP contribution in [0.2, 0.25) is 0 Å². The lowest BCUT2D eigenvalue weighted by Crippen LogP contribution is -2.08. The first-order valence-corrected chi connectivity index (χ1v) is 8.43. The van der Waals surface area contributed by atoms with E-state index in [0.29, 0.717) is 30.4 Å². The molecule has 0 radical (unpaired) electrons. The minimum Gasteiger partial charge on any atom is -0.396 e. The number of hydrogen-bond acceptors (Lipinski definition) is 7. The van der Waals surface area contributed by atoms with Crippen LogP contribution in [0.15, 0.2) is 4.90 Å². The Bertz CT molecular complexity index is 435. The van der Waals surface area contributed by atoms with Gasteiger partial charge in [0.15, 0.2) is 5.78 Å². The number of thioether (sulfide) groups is 1. The normalized spacial score (nSPS) is 10.8. The zero-order chi connectivity index (χ0) is 15.0. The summed E-state index contributed by atoms with van der Waals surface area (Å²) in [6.07, 6.45) is 2.85. The van der Waals surface area contributed by atoms with Crippen molar-refractivity contribution in [1.29, 1.82) is 0 Å². The molecule has 0 bridgehead atoms. The van der Waals surface area contributed by atoms with Crippen LogP contribution in [0.1, 0.15) is 23.0 Å². The van der Waals surface area contributed by atoms with Gasteiger partial charge in [0.2, 0.25) is 0 Å². The van der Waals surface area contributed by atoms with Crippen LogP contribution in [0, 0.1) is 0 Å². The zero-order valence-electron chi connectivity index (χ0n) is 12.2. The largest absolute Gasteiger partial charge is 0.396 e. The summed E-state index contributed by atoms with van der Waals surface area (Å²) < 4.78 is 10.3. The van der Waals surface area contributed by atoms with Crippen molar-refractivity contribution in [2.45, 2.75) is 18.2 Å². The van der Waals surface area contributed by atoms with Crippen molar-refractivity contribution in [2.75, 3.05) is 50.8 Å². The third-order valence-corrected chi connectivity index (χ3v) is 4.83. The number of thiophene rings is 1. The Morgan fingerprint density at radius 2 is 2.15 bits per heavy atom. The second-order valence-electron chi connectivity index (χ2n) is 4.15. The zero-order valence-corrected chi connectivity index (χ0v) is 13.8. The van der Waals surface area contributed by atoms with Crippen molar-refractivity contribution in [3.63, 3.8) is 0 Å². The summed E-state index contributed by atoms with van der Waals surface area (Å²) >= 11 is 2.98. The van der Waals surface area contributed by atoms with Crippen LogP contribution in [-0.4, -0.2) is 45.5 Å². The molecule has 0 saturated carbocycles. The molecule has 0 aliphatic heterocycles. The molecule has 0 amide bonds. The monoisotopic (exact) mass is 318 g/mol. The van der Waals surface area contributed by atoms with Gasteiger partial charge >= 0.3 is 0 Å². The SMILES string of the molecule is COCCOCCCNc1sc(C(C)=O)c(N)c1SC. The quantitative estimate of drug-likeness (QED) is 0.392. The first-order chi connectivity index (χ1) is 9.61. The van der Waals surface area contributed by atoms with E-state index >= 15 is 0 Å². The average molecular weight is 318 g/mol. The number of Topliss-reactive ketones (excluding diaryl/α,β-unsaturated/α-hetero) is 1. The third kappa shape index (κ3) is 4.97. The van der Waals surface area contributed by atoms with E-state index in [2.05, 4.69) is 5.32 Å². The molecule has 1 aromatic rings. The fourth-order valence-electron chi connectivity index (χ4n) is 1.63. The second-order valence-corrected chi connectivity index (χ2v) is 5.99. The van der Waals surface area contributed by atoms with E-state index in [4.69, 9.17) is 15.2 Å². The van der Waals surface area contributed by atoms with Gasteiger partial charge in [-0.15, -0.1) is 23.1 Å². The predicted octanol–water partition coefficient (Wildman–Crippen LogP) is 2.72. The van der Waals surface area contributed by atoms with E-state index in [1.165, 1.54) is 11.3 Å². The molecule has 0 aromatic carbocycles. The molecule has 1 rings (SSSR count). The lowest BCUT2D eigenvalue weighted by Gasteiger charge is -2.07. The molecule has 1 heterocycles. The number of ether oxygens (including phenoxy) is 2. The van der Waals surface area contributed by atoms with Gasteiger partial charge in [0.1, 0.15) is 5.00 Å². The summed E-state index contributed by atoms with van der Waals surface area (Å²) in [5, 5.41) is 4.29. The lowest BCUT2D eigenvalue weighted by atomic mass is 10.3. The number of carbonyl (C=O) groups excluding carboxylic acids is 1. The highest BCUT2D eigenvalue weighted by Crippen LogP contribution is 2.41. The summed E-state index contributed by atoms with van der Waals surface area (Å²) in [6.45, 7) is 4.25. The van der Waals surface area contributed by atoms with E-state index in [9.17, 15) is 4.79 Å². The molecule has 1 aromatic heterocycles. The number of ketones is 1. The maximum Gasteiger partial charge on any atom is 0.171 e. The molecule has 20 heavy (non-hydrogen) atoms. The van der Waals surface area contributed by atoms with E-state index in [1.807, 2.05) is 6.26 Å². The van der Waals surface area contributed by atoms with Crippen LogP contribution in [-0.2, 0) is 9.47 Å². The van der Waals surface area contributed by atoms with Crippen LogP contribution in [0.25, 0.3) is 0 Å². The number of nitrogens with two attached hydrogens (primary N) is 1. The molecule has 0 saturated heterocycles. The fourth-order valence-corrected chi connectivity index (χ4v) is 3.59. The third-order valence-electron chi connectivity index (χ3n) is 2.61. The van der Waals surface area contributed by atoms with Crippen molar-refractivity contribution < 1.29 is 14.3 Å². The number of carbonyl (C=O) groups is 1. The van der Waals surface area contributed by atoms with Crippen LogP contribution in [0.5, 0.6) is 0 Å². The number of nitrogens with one attached hydrogen (secondary N) is 1. The van der Waals surface area contributed by atoms with E-state index in [1.54, 1.807) is 25.8 Å². The topological polar surface area (TPSA) is 73.6 Å². The van der Waals surface area contributed by atoms with Crippen molar-refractivity contribution in [1.82, 2.24) is 0 Å². The Labute approximate surface area is 128 Å². The van der Waals surface area contributed by atoms with Gasteiger partial charge in [-0.2, -0.15) is 0 Å². The van der Waals surface area contributed by atoms with Gasteiger partial charge in [-0.3, -0.25) is 4.79 Å². The molecule has 0 unspecified atom stereocenters. The predicted molar refractivity (Wildman–Crippen MR) is 86.3 cm³/mol. The number of rotatable bonds is 10. The molecule has 0 aliphatic rings. The Balaban J connectivity index is 2.43. The van der Waals surface area contributed by atoms with Gasteiger partial charge in [0, 0.05) is 27.2 Å². The molecule has 7 heteroatoms. The standard InChI is InChI=1S/C13H22N2O3S2/c1-9(16)11-10(14)12(19-3)13(20-11)15-5-4-6-18-8-7-17-2/h15H,4-8,14H2,1-3H3. The molecule has 0 atom stereocenters. The number of methoxy groups -OCH3 is 1. The van der Waals surface area contributed by atoms with Crippen molar-refractivity contribution >= 4 is 39.6 Å². The van der Waals surface area contributed by atoms with Gasteiger partial charge in [-0.1, -0.05) is 0 Å². The smallest absolute Gasteiger partial charge is 0.171 e. The summed E-state index contributed by atoms with van der Waals surface area (Å²) in [5.74, 6) is 0.0127. The lowest BCUT2D eigenvalue weighted by molar-refractivity contribution is 0.0705. The van der Waals surface area contributed by atoms with Crippen LogP contribution >= 0.6 is 23.1 Å². The average Bonchev–Trinajstić information content (AvgIpc) is 2.74. The van der Waals surface area contributed by atoms with Gasteiger partial charge in [-0.05, 0) is 12.7 Å². The summed E-state index contributed by atoms with van der Waals surface area (Å²) in [7, 11) is 1.66. The van der Waals surface area contributed by atoms with Crippen molar-refractivity contribution in [3.8, 4) is 0 Å². The molecule has 5 nitrogen and oxygen atoms in total. The van der Waals surface area contributed by atoms with E-state index in [0.717, 1.165) is 22.9 Å². The van der Waals surface area contributed by atoms with E-state index < -0.39 is 0 Å². The van der Waals surface area contributed by atoms with Crippen LogP contribution in [0.3, 0.4) is 0 Å². The van der Waals surface area contributed by atoms with Gasteiger partial charge < -0.3 is 20.5 Å². The summed E-state index contributed by atoms with van der Waals surface area (Å²) in [5.41, 5.74) is 6.58. The van der Waals surface area contributed by atoms with Gasteiger partial charge in [0.05, 0.1) is 28.7 Å². The van der Waals surface area contributed by atoms with Gasteiger partial charge in [0.25, 0.3) is 0 Å².